The van der Waals surface area contributed by atoms with Crippen LogP contribution < -0.4 is 5.32 Å². The fraction of sp³-hybridized carbons (Fsp3) is 0.933. The van der Waals surface area contributed by atoms with Crippen molar-refractivity contribution in [3.05, 3.63) is 0 Å². The molecule has 104 valence electrons. The molecule has 1 aliphatic heterocycles. The summed E-state index contributed by atoms with van der Waals surface area (Å²) in [7, 11) is 0. The topological polar surface area (TPSA) is 32.3 Å². The lowest BCUT2D eigenvalue weighted by Crippen LogP contribution is -2.48. The van der Waals surface area contributed by atoms with Crippen molar-refractivity contribution in [2.45, 2.75) is 72.1 Å². The Labute approximate surface area is 111 Å². The molecule has 0 aromatic heterocycles. The van der Waals surface area contributed by atoms with Crippen LogP contribution in [0, 0.1) is 17.8 Å². The van der Waals surface area contributed by atoms with Crippen LogP contribution in [0.3, 0.4) is 0 Å². The van der Waals surface area contributed by atoms with Crippen molar-refractivity contribution in [2.24, 2.45) is 17.8 Å². The third-order valence-corrected chi connectivity index (χ3v) is 4.77. The van der Waals surface area contributed by atoms with E-state index in [-0.39, 0.29) is 12.2 Å². The van der Waals surface area contributed by atoms with Crippen LogP contribution in [0.1, 0.15) is 53.9 Å². The van der Waals surface area contributed by atoms with E-state index < -0.39 is 0 Å². The molecule has 3 nitrogen and oxygen atoms in total. The predicted octanol–water partition coefficient (Wildman–Crippen LogP) is 2.61. The maximum atomic E-state index is 12.5. The van der Waals surface area contributed by atoms with E-state index in [2.05, 4.69) is 44.8 Å². The van der Waals surface area contributed by atoms with Gasteiger partial charge in [0, 0.05) is 6.04 Å². The summed E-state index contributed by atoms with van der Waals surface area (Å²) in [6, 6.07) is 0.464. The molecule has 3 heteroatoms. The highest BCUT2D eigenvalue weighted by Crippen LogP contribution is 2.34. The minimum Gasteiger partial charge on any atom is -0.323 e. The number of hydrogen-bond acceptors (Lipinski definition) is 2. The van der Waals surface area contributed by atoms with E-state index in [0.29, 0.717) is 23.8 Å². The molecule has 0 spiro atoms. The fourth-order valence-electron chi connectivity index (χ4n) is 3.75. The van der Waals surface area contributed by atoms with E-state index in [1.165, 1.54) is 19.3 Å². The molecule has 0 bridgehead atoms. The van der Waals surface area contributed by atoms with Crippen molar-refractivity contribution in [1.29, 1.82) is 0 Å². The normalized spacial score (nSPS) is 41.8. The SMILES string of the molecule is CC1CCC(N2C(=O)C(C(C)C)NC2C)C(C)C1. The Balaban J connectivity index is 2.11. The molecule has 1 saturated heterocycles. The second kappa shape index (κ2) is 5.20. The van der Waals surface area contributed by atoms with Gasteiger partial charge in [0.1, 0.15) is 0 Å². The van der Waals surface area contributed by atoms with Gasteiger partial charge in [-0.1, -0.05) is 27.7 Å². The Morgan fingerprint density at radius 1 is 1.22 bits per heavy atom. The van der Waals surface area contributed by atoms with Gasteiger partial charge in [0.15, 0.2) is 0 Å². The van der Waals surface area contributed by atoms with E-state index in [9.17, 15) is 4.79 Å². The first-order chi connectivity index (χ1) is 8.41. The third kappa shape index (κ3) is 2.42. The smallest absolute Gasteiger partial charge is 0.241 e. The van der Waals surface area contributed by atoms with Crippen molar-refractivity contribution in [1.82, 2.24) is 10.2 Å². The van der Waals surface area contributed by atoms with Crippen LogP contribution in [0.5, 0.6) is 0 Å². The molecule has 5 atom stereocenters. The molecule has 1 amide bonds. The molecule has 0 aromatic rings. The summed E-state index contributed by atoms with van der Waals surface area (Å²) in [4.78, 5) is 14.7. The Morgan fingerprint density at radius 2 is 1.89 bits per heavy atom. The number of nitrogens with one attached hydrogen (secondary N) is 1. The van der Waals surface area contributed by atoms with Crippen molar-refractivity contribution in [3.8, 4) is 0 Å². The zero-order valence-electron chi connectivity index (χ0n) is 12.4. The number of carbonyl (C=O) groups excluding carboxylic acids is 1. The molecule has 5 unspecified atom stereocenters. The second-order valence-corrected chi connectivity index (χ2v) is 6.77. The van der Waals surface area contributed by atoms with Crippen molar-refractivity contribution in [2.75, 3.05) is 0 Å². The zero-order valence-corrected chi connectivity index (χ0v) is 12.4. The molecular formula is C15H28N2O. The summed E-state index contributed by atoms with van der Waals surface area (Å²) >= 11 is 0. The van der Waals surface area contributed by atoms with Crippen LogP contribution in [0.4, 0.5) is 0 Å². The fourth-order valence-corrected chi connectivity index (χ4v) is 3.75. The summed E-state index contributed by atoms with van der Waals surface area (Å²) in [5.41, 5.74) is 0. The number of rotatable bonds is 2. The standard InChI is InChI=1S/C15H28N2O/c1-9(2)14-15(18)17(12(5)16-14)13-7-6-10(3)8-11(13)4/h9-14,16H,6-8H2,1-5H3. The molecule has 1 heterocycles. The van der Waals surface area contributed by atoms with E-state index in [4.69, 9.17) is 0 Å². The van der Waals surface area contributed by atoms with E-state index >= 15 is 0 Å². The van der Waals surface area contributed by atoms with Crippen molar-refractivity contribution >= 4 is 5.91 Å². The maximum absolute atomic E-state index is 12.5. The highest BCUT2D eigenvalue weighted by Gasteiger charge is 2.43. The van der Waals surface area contributed by atoms with Crippen LogP contribution in [0.25, 0.3) is 0 Å². The van der Waals surface area contributed by atoms with Crippen LogP contribution >= 0.6 is 0 Å². The predicted molar refractivity (Wildman–Crippen MR) is 74.0 cm³/mol. The first-order valence-electron chi connectivity index (χ1n) is 7.50. The van der Waals surface area contributed by atoms with E-state index in [1.807, 2.05) is 0 Å². The minimum absolute atomic E-state index is 0.0200. The summed E-state index contributed by atoms with van der Waals surface area (Å²) in [6.07, 6.45) is 3.89. The molecule has 2 rings (SSSR count). The van der Waals surface area contributed by atoms with Crippen LogP contribution in [0.2, 0.25) is 0 Å². The Kier molecular flexibility index (Phi) is 4.00. The molecule has 0 radical (unpaired) electrons. The maximum Gasteiger partial charge on any atom is 0.241 e. The van der Waals surface area contributed by atoms with Gasteiger partial charge >= 0.3 is 0 Å². The highest BCUT2D eigenvalue weighted by molar-refractivity contribution is 5.84. The van der Waals surface area contributed by atoms with Gasteiger partial charge in [0.2, 0.25) is 5.91 Å². The van der Waals surface area contributed by atoms with E-state index in [0.717, 1.165) is 5.92 Å². The quantitative estimate of drug-likeness (QED) is 0.819. The van der Waals surface area contributed by atoms with Gasteiger partial charge in [-0.05, 0) is 43.9 Å². The molecule has 2 aliphatic rings. The van der Waals surface area contributed by atoms with Crippen LogP contribution in [0.15, 0.2) is 0 Å². The molecule has 2 fully saturated rings. The molecular weight excluding hydrogens is 224 g/mol. The Morgan fingerprint density at radius 3 is 2.39 bits per heavy atom. The monoisotopic (exact) mass is 252 g/mol. The van der Waals surface area contributed by atoms with Crippen molar-refractivity contribution < 1.29 is 4.79 Å². The molecule has 18 heavy (non-hydrogen) atoms. The van der Waals surface area contributed by atoms with Gasteiger partial charge in [-0.2, -0.15) is 0 Å². The lowest BCUT2D eigenvalue weighted by molar-refractivity contribution is -0.134. The van der Waals surface area contributed by atoms with Gasteiger partial charge in [0.25, 0.3) is 0 Å². The lowest BCUT2D eigenvalue weighted by atomic mass is 9.79. The number of amides is 1. The van der Waals surface area contributed by atoms with Gasteiger partial charge in [0.05, 0.1) is 12.2 Å². The molecule has 1 N–H and O–H groups in total. The average molecular weight is 252 g/mol. The van der Waals surface area contributed by atoms with E-state index in [1.54, 1.807) is 0 Å². The summed E-state index contributed by atoms with van der Waals surface area (Å²) in [5, 5.41) is 3.46. The number of carbonyl (C=O) groups is 1. The number of nitrogens with zero attached hydrogens (tertiary/aromatic N) is 1. The summed E-state index contributed by atoms with van der Waals surface area (Å²) in [6.45, 7) is 11.0. The van der Waals surface area contributed by atoms with Gasteiger partial charge in [-0.3, -0.25) is 10.1 Å². The Hall–Kier alpha value is -0.570. The highest BCUT2D eigenvalue weighted by atomic mass is 16.2. The number of hydrogen-bond donors (Lipinski definition) is 1. The van der Waals surface area contributed by atoms with Crippen LogP contribution in [-0.4, -0.2) is 29.1 Å². The largest absolute Gasteiger partial charge is 0.323 e. The second-order valence-electron chi connectivity index (χ2n) is 6.77. The Bertz CT molecular complexity index is 316. The molecule has 1 saturated carbocycles. The van der Waals surface area contributed by atoms with Crippen molar-refractivity contribution in [3.63, 3.8) is 0 Å². The molecule has 1 aliphatic carbocycles. The van der Waals surface area contributed by atoms with Gasteiger partial charge in [-0.25, -0.2) is 0 Å². The van der Waals surface area contributed by atoms with Gasteiger partial charge in [-0.15, -0.1) is 0 Å². The lowest BCUT2D eigenvalue weighted by Gasteiger charge is -2.40. The average Bonchev–Trinajstić information content (AvgIpc) is 2.56. The third-order valence-electron chi connectivity index (χ3n) is 4.77. The molecule has 0 aromatic carbocycles. The first-order valence-corrected chi connectivity index (χ1v) is 7.50. The van der Waals surface area contributed by atoms with Crippen LogP contribution in [-0.2, 0) is 4.79 Å². The summed E-state index contributed by atoms with van der Waals surface area (Å²) < 4.78 is 0. The minimum atomic E-state index is 0.0200. The zero-order chi connectivity index (χ0) is 13.4. The van der Waals surface area contributed by atoms with Gasteiger partial charge < -0.3 is 4.90 Å². The first kappa shape index (κ1) is 13.9. The summed E-state index contributed by atoms with van der Waals surface area (Å²) in [5.74, 6) is 2.15.